The van der Waals surface area contributed by atoms with Crippen LogP contribution in [0, 0.1) is 25.5 Å². The van der Waals surface area contributed by atoms with Crippen LogP contribution in [0.15, 0.2) is 24.5 Å². The monoisotopic (exact) mass is 738 g/mol. The number of rotatable bonds is 8. The molecule has 0 bridgehead atoms. The fourth-order valence-corrected chi connectivity index (χ4v) is 6.10. The highest BCUT2D eigenvalue weighted by Crippen LogP contribution is 2.29. The van der Waals surface area contributed by atoms with Gasteiger partial charge < -0.3 is 5.73 Å². The maximum atomic E-state index is 13.2. The topological polar surface area (TPSA) is 149 Å². The van der Waals surface area contributed by atoms with E-state index in [1.54, 1.807) is 13.3 Å². The van der Waals surface area contributed by atoms with Crippen molar-refractivity contribution in [3.05, 3.63) is 71.1 Å². The molecule has 13 nitrogen and oxygen atoms in total. The number of nitrogen functional groups attached to an aromatic ring is 1. The quantitative estimate of drug-likeness (QED) is 0.165. The normalized spacial score (nSPS) is 13.2. The summed E-state index contributed by atoms with van der Waals surface area (Å²) >= 11 is 0. The summed E-state index contributed by atoms with van der Waals surface area (Å²) in [5, 5.41) is 16.8. The van der Waals surface area contributed by atoms with Gasteiger partial charge in [-0.05, 0) is 52.7 Å². The van der Waals surface area contributed by atoms with E-state index in [9.17, 15) is 8.78 Å². The second-order valence-corrected chi connectivity index (χ2v) is 14.5. The van der Waals surface area contributed by atoms with Crippen molar-refractivity contribution in [2.75, 3.05) is 5.73 Å². The summed E-state index contributed by atoms with van der Waals surface area (Å²) < 4.78 is 33.7. The Morgan fingerprint density at radius 1 is 0.660 bits per heavy atom. The number of aryl methyl sites for hydroxylation is 4. The van der Waals surface area contributed by atoms with E-state index in [1.807, 2.05) is 37.1 Å². The molecule has 1 saturated carbocycles. The number of hydrogen-bond acceptors (Lipinski definition) is 9. The SMILES string of the molecule is CC(C)c1ncnn1C1CCCCC1.CCn1nc(C)nc1C(C)C.CCn1nc(N)nc1C(C)C.Cc1nc(C(C)C)n(-c2cc(F)cc(F)c2)n1. The molecule has 0 saturated heterocycles. The Bertz CT molecular complexity index is 1750. The van der Waals surface area contributed by atoms with E-state index in [0.29, 0.717) is 47.1 Å². The maximum absolute atomic E-state index is 13.2. The van der Waals surface area contributed by atoms with Gasteiger partial charge in [0.15, 0.2) is 0 Å². The number of anilines is 1. The number of aromatic nitrogens is 12. The molecule has 1 aliphatic rings. The van der Waals surface area contributed by atoms with E-state index >= 15 is 0 Å². The summed E-state index contributed by atoms with van der Waals surface area (Å²) in [5.74, 6) is 5.94. The van der Waals surface area contributed by atoms with Gasteiger partial charge in [0, 0.05) is 42.8 Å². The molecule has 53 heavy (non-hydrogen) atoms. The van der Waals surface area contributed by atoms with Crippen LogP contribution in [0.3, 0.4) is 0 Å². The van der Waals surface area contributed by atoms with Gasteiger partial charge in [0.05, 0.1) is 11.7 Å². The molecule has 1 aliphatic carbocycles. The van der Waals surface area contributed by atoms with E-state index < -0.39 is 11.6 Å². The van der Waals surface area contributed by atoms with Crippen LogP contribution in [0.4, 0.5) is 14.7 Å². The molecule has 0 atom stereocenters. The van der Waals surface area contributed by atoms with Crippen molar-refractivity contribution in [2.24, 2.45) is 0 Å². The molecule has 6 rings (SSSR count). The van der Waals surface area contributed by atoms with Gasteiger partial charge in [-0.2, -0.15) is 20.3 Å². The Hall–Kier alpha value is -4.56. The molecule has 4 heterocycles. The lowest BCUT2D eigenvalue weighted by atomic mass is 9.95. The zero-order valence-corrected chi connectivity index (χ0v) is 33.8. The number of nitrogens with two attached hydrogens (primary N) is 1. The molecular formula is C38H61F2N13. The van der Waals surface area contributed by atoms with Crippen molar-refractivity contribution in [3.8, 4) is 5.69 Å². The molecule has 0 aliphatic heterocycles. The molecular weight excluding hydrogens is 677 g/mol. The van der Waals surface area contributed by atoms with Gasteiger partial charge >= 0.3 is 0 Å². The van der Waals surface area contributed by atoms with Crippen LogP contribution in [0.5, 0.6) is 0 Å². The second kappa shape index (κ2) is 20.0. The largest absolute Gasteiger partial charge is 0.366 e. The van der Waals surface area contributed by atoms with Gasteiger partial charge in [0.1, 0.15) is 52.9 Å². The highest BCUT2D eigenvalue weighted by molar-refractivity contribution is 5.33. The molecule has 0 amide bonds. The highest BCUT2D eigenvalue weighted by atomic mass is 19.1. The highest BCUT2D eigenvalue weighted by Gasteiger charge is 2.20. The molecule has 1 fully saturated rings. The first kappa shape index (κ1) is 42.8. The van der Waals surface area contributed by atoms with Crippen LogP contribution in [0.25, 0.3) is 5.69 Å². The molecule has 5 aromatic rings. The Morgan fingerprint density at radius 2 is 1.15 bits per heavy atom. The zero-order chi connectivity index (χ0) is 39.4. The number of halogens is 2. The van der Waals surface area contributed by atoms with E-state index in [0.717, 1.165) is 42.5 Å². The Labute approximate surface area is 313 Å². The van der Waals surface area contributed by atoms with Gasteiger partial charge in [-0.1, -0.05) is 74.7 Å². The third-order valence-corrected chi connectivity index (χ3v) is 8.54. The van der Waals surface area contributed by atoms with Gasteiger partial charge in [0.25, 0.3) is 0 Å². The van der Waals surface area contributed by atoms with Gasteiger partial charge in [-0.15, -0.1) is 5.10 Å². The molecule has 2 N–H and O–H groups in total. The third kappa shape index (κ3) is 12.2. The molecule has 1 aromatic carbocycles. The van der Waals surface area contributed by atoms with Gasteiger partial charge in [-0.3, -0.25) is 0 Å². The van der Waals surface area contributed by atoms with Crippen LogP contribution in [-0.4, -0.2) is 59.1 Å². The molecule has 0 unspecified atom stereocenters. The summed E-state index contributed by atoms with van der Waals surface area (Å²) in [7, 11) is 0. The molecule has 0 spiro atoms. The average Bonchev–Trinajstić information content (AvgIpc) is 3.91. The fraction of sp³-hybridized carbons (Fsp3) is 0.632. The van der Waals surface area contributed by atoms with E-state index in [4.69, 9.17) is 5.73 Å². The zero-order valence-electron chi connectivity index (χ0n) is 33.8. The van der Waals surface area contributed by atoms with Crippen LogP contribution in [-0.2, 0) is 13.1 Å². The minimum Gasteiger partial charge on any atom is -0.366 e. The number of benzene rings is 1. The maximum Gasteiger partial charge on any atom is 0.239 e. The smallest absolute Gasteiger partial charge is 0.239 e. The van der Waals surface area contributed by atoms with Crippen LogP contribution < -0.4 is 5.73 Å². The van der Waals surface area contributed by atoms with Crippen molar-refractivity contribution in [1.29, 1.82) is 0 Å². The van der Waals surface area contributed by atoms with Crippen molar-refractivity contribution in [3.63, 3.8) is 0 Å². The van der Waals surface area contributed by atoms with Gasteiger partial charge in [-0.25, -0.2) is 42.5 Å². The lowest BCUT2D eigenvalue weighted by Crippen LogP contribution is -2.17. The predicted molar refractivity (Wildman–Crippen MR) is 205 cm³/mol. The van der Waals surface area contributed by atoms with E-state index in [-0.39, 0.29) is 5.92 Å². The second-order valence-electron chi connectivity index (χ2n) is 14.5. The van der Waals surface area contributed by atoms with E-state index in [1.165, 1.54) is 48.9 Å². The first-order chi connectivity index (χ1) is 25.1. The summed E-state index contributed by atoms with van der Waals surface area (Å²) in [5.41, 5.74) is 5.80. The van der Waals surface area contributed by atoms with Crippen molar-refractivity contribution in [1.82, 2.24) is 59.1 Å². The lowest BCUT2D eigenvalue weighted by molar-refractivity contribution is 0.318. The Balaban J connectivity index is 0.000000194. The Kier molecular flexibility index (Phi) is 16.2. The van der Waals surface area contributed by atoms with Crippen LogP contribution in [0.1, 0.15) is 166 Å². The lowest BCUT2D eigenvalue weighted by Gasteiger charge is -2.23. The van der Waals surface area contributed by atoms with Crippen LogP contribution in [0.2, 0.25) is 0 Å². The third-order valence-electron chi connectivity index (χ3n) is 8.54. The molecule has 15 heteroatoms. The summed E-state index contributed by atoms with van der Waals surface area (Å²) in [6.07, 6.45) is 8.35. The number of nitrogens with zero attached hydrogens (tertiary/aromatic N) is 12. The summed E-state index contributed by atoms with van der Waals surface area (Å²) in [6, 6.07) is 3.93. The minimum atomic E-state index is -0.622. The molecule has 292 valence electrons. The fourth-order valence-electron chi connectivity index (χ4n) is 6.10. The first-order valence-corrected chi connectivity index (χ1v) is 19.0. The first-order valence-electron chi connectivity index (χ1n) is 19.0. The minimum absolute atomic E-state index is 0.127. The molecule has 4 aromatic heterocycles. The van der Waals surface area contributed by atoms with Gasteiger partial charge in [0.2, 0.25) is 5.95 Å². The summed E-state index contributed by atoms with van der Waals surface area (Å²) in [4.78, 5) is 17.0. The van der Waals surface area contributed by atoms with Crippen LogP contribution >= 0.6 is 0 Å². The van der Waals surface area contributed by atoms with Crippen molar-refractivity contribution in [2.45, 2.75) is 158 Å². The summed E-state index contributed by atoms with van der Waals surface area (Å²) in [6.45, 7) is 26.2. The predicted octanol–water partition coefficient (Wildman–Crippen LogP) is 8.62. The molecule has 0 radical (unpaired) electrons. The Morgan fingerprint density at radius 3 is 1.64 bits per heavy atom. The van der Waals surface area contributed by atoms with Crippen molar-refractivity contribution < 1.29 is 8.78 Å². The van der Waals surface area contributed by atoms with E-state index in [2.05, 4.69) is 93.5 Å². The number of hydrogen-bond donors (Lipinski definition) is 1. The van der Waals surface area contributed by atoms with Crippen molar-refractivity contribution >= 4 is 5.95 Å². The standard InChI is InChI=1S/C12H13F2N3.C11H19N3.C8H15N3.C7H14N4/c1-7(2)12-15-8(3)16-17(12)11-5-9(13)4-10(14)6-11;1-9(2)11-12-8-13-14(11)10-6-4-3-5-7-10;1-5-11-8(6(2)3)9-7(4)10-11;1-4-11-6(5(2)3)9-7(8)10-11/h4-7H,1-3H3;8-10H,3-7H2,1-2H3;6H,5H2,1-4H3;5H,4H2,1-3H3,(H2,8,10). The average molecular weight is 738 g/mol.